The number of rotatable bonds is 7. The third-order valence-corrected chi connectivity index (χ3v) is 7.27. The molecule has 29 heavy (non-hydrogen) atoms. The van der Waals surface area contributed by atoms with E-state index in [4.69, 9.17) is 0 Å². The number of hydrogen-bond donors (Lipinski definition) is 1. The Morgan fingerprint density at radius 1 is 0.966 bits per heavy atom. The van der Waals surface area contributed by atoms with Crippen LogP contribution in [0, 0.1) is 0 Å². The van der Waals surface area contributed by atoms with Gasteiger partial charge in [0, 0.05) is 43.6 Å². The number of nitrogens with one attached hydrogen (secondary N) is 1. The van der Waals surface area contributed by atoms with Crippen LogP contribution < -0.4 is 5.32 Å². The lowest BCUT2D eigenvalue weighted by atomic mass is 10.0. The fourth-order valence-electron chi connectivity index (χ4n) is 4.01. The maximum atomic E-state index is 12.6. The number of benzene rings is 1. The Labute approximate surface area is 180 Å². The molecule has 0 radical (unpaired) electrons. The summed E-state index contributed by atoms with van der Waals surface area (Å²) in [5.74, 6) is 0.0248. The minimum Gasteiger partial charge on any atom is -0.347 e. The summed E-state index contributed by atoms with van der Waals surface area (Å²) in [5, 5.41) is 7.32. The molecule has 3 heterocycles. The van der Waals surface area contributed by atoms with Gasteiger partial charge < -0.3 is 5.32 Å². The highest BCUT2D eigenvalue weighted by Crippen LogP contribution is 2.30. The second kappa shape index (κ2) is 9.67. The Bertz CT molecular complexity index is 872. The lowest BCUT2D eigenvalue weighted by Gasteiger charge is -2.41. The van der Waals surface area contributed by atoms with Gasteiger partial charge in [-0.3, -0.25) is 14.6 Å². The third-order valence-electron chi connectivity index (χ3n) is 5.46. The van der Waals surface area contributed by atoms with Crippen molar-refractivity contribution in [1.29, 1.82) is 0 Å². The van der Waals surface area contributed by atoms with Crippen LogP contribution in [-0.4, -0.2) is 47.9 Å². The molecule has 6 heteroatoms. The normalized spacial score (nSPS) is 17.7. The first-order valence-electron chi connectivity index (χ1n) is 10.1. The van der Waals surface area contributed by atoms with E-state index in [1.807, 2.05) is 17.5 Å². The molecule has 4 rings (SSSR count). The highest BCUT2D eigenvalue weighted by molar-refractivity contribution is 7.12. The van der Waals surface area contributed by atoms with Crippen LogP contribution in [0.25, 0.3) is 0 Å². The van der Waals surface area contributed by atoms with Gasteiger partial charge in [0.2, 0.25) is 0 Å². The molecule has 3 aromatic rings. The molecule has 1 aliphatic heterocycles. The van der Waals surface area contributed by atoms with Crippen LogP contribution in [0.1, 0.15) is 33.1 Å². The van der Waals surface area contributed by atoms with E-state index in [1.54, 1.807) is 11.3 Å². The highest BCUT2D eigenvalue weighted by atomic mass is 32.1. The van der Waals surface area contributed by atoms with Gasteiger partial charge in [-0.05, 0) is 35.4 Å². The van der Waals surface area contributed by atoms with Crippen LogP contribution in [0.2, 0.25) is 0 Å². The Balaban J connectivity index is 1.41. The van der Waals surface area contributed by atoms with Gasteiger partial charge in [0.1, 0.15) is 0 Å². The van der Waals surface area contributed by atoms with Gasteiger partial charge in [-0.15, -0.1) is 22.7 Å². The summed E-state index contributed by atoms with van der Waals surface area (Å²) in [6.07, 6.45) is 0. The molecular formula is C23H27N3OS2. The molecule has 1 aliphatic rings. The standard InChI is InChI=1S/C23H27N3OS2/c1-18(24-23(27)21-10-6-16-29-21)22(20-9-5-15-28-20)26-13-11-25(12-14-26)17-19-7-3-2-4-8-19/h2-10,15-16,18,22H,11-14,17H2,1H3,(H,24,27)/t18-,22-/m1/s1. The minimum absolute atomic E-state index is 0.0248. The van der Waals surface area contributed by atoms with Gasteiger partial charge in [0.15, 0.2) is 0 Å². The molecule has 4 nitrogen and oxygen atoms in total. The zero-order valence-corrected chi connectivity index (χ0v) is 18.3. The summed E-state index contributed by atoms with van der Waals surface area (Å²) in [6, 6.07) is 19.0. The maximum Gasteiger partial charge on any atom is 0.261 e. The molecule has 1 saturated heterocycles. The van der Waals surface area contributed by atoms with E-state index in [0.717, 1.165) is 37.6 Å². The summed E-state index contributed by atoms with van der Waals surface area (Å²) in [5.41, 5.74) is 1.37. The summed E-state index contributed by atoms with van der Waals surface area (Å²) in [4.78, 5) is 19.8. The average Bonchev–Trinajstić information content (AvgIpc) is 3.45. The number of carbonyl (C=O) groups excluding carboxylic acids is 1. The van der Waals surface area contributed by atoms with Crippen LogP contribution >= 0.6 is 22.7 Å². The molecule has 0 aliphatic carbocycles. The van der Waals surface area contributed by atoms with Crippen molar-refractivity contribution in [3.8, 4) is 0 Å². The van der Waals surface area contributed by atoms with Crippen molar-refractivity contribution in [2.45, 2.75) is 25.6 Å². The van der Waals surface area contributed by atoms with Crippen molar-refractivity contribution in [3.63, 3.8) is 0 Å². The van der Waals surface area contributed by atoms with Crippen LogP contribution in [-0.2, 0) is 6.54 Å². The first-order chi connectivity index (χ1) is 14.2. The van der Waals surface area contributed by atoms with E-state index in [2.05, 4.69) is 69.9 Å². The predicted octanol–water partition coefficient (Wildman–Crippen LogP) is 4.49. The molecule has 1 N–H and O–H groups in total. The molecule has 1 aromatic carbocycles. The molecular weight excluding hydrogens is 398 g/mol. The zero-order chi connectivity index (χ0) is 20.1. The van der Waals surface area contributed by atoms with Gasteiger partial charge in [0.25, 0.3) is 5.91 Å². The van der Waals surface area contributed by atoms with Crippen molar-refractivity contribution in [2.24, 2.45) is 0 Å². The zero-order valence-electron chi connectivity index (χ0n) is 16.7. The summed E-state index contributed by atoms with van der Waals surface area (Å²) in [7, 11) is 0. The van der Waals surface area contributed by atoms with Crippen LogP contribution in [0.4, 0.5) is 0 Å². The number of thiophene rings is 2. The third kappa shape index (κ3) is 5.14. The van der Waals surface area contributed by atoms with Crippen molar-refractivity contribution < 1.29 is 4.79 Å². The van der Waals surface area contributed by atoms with E-state index in [9.17, 15) is 4.79 Å². The lowest BCUT2D eigenvalue weighted by Crippen LogP contribution is -2.52. The number of nitrogens with zero attached hydrogens (tertiary/aromatic N) is 2. The van der Waals surface area contributed by atoms with E-state index >= 15 is 0 Å². The molecule has 1 amide bonds. The summed E-state index contributed by atoms with van der Waals surface area (Å²) >= 11 is 3.27. The van der Waals surface area contributed by atoms with E-state index in [0.29, 0.717) is 0 Å². The number of amides is 1. The molecule has 0 saturated carbocycles. The smallest absolute Gasteiger partial charge is 0.261 e. The Morgan fingerprint density at radius 2 is 1.69 bits per heavy atom. The maximum absolute atomic E-state index is 12.6. The second-order valence-electron chi connectivity index (χ2n) is 7.50. The van der Waals surface area contributed by atoms with Crippen LogP contribution in [0.15, 0.2) is 65.4 Å². The number of carbonyl (C=O) groups is 1. The van der Waals surface area contributed by atoms with Crippen molar-refractivity contribution in [2.75, 3.05) is 26.2 Å². The van der Waals surface area contributed by atoms with E-state index in [-0.39, 0.29) is 18.0 Å². The fourth-order valence-corrected chi connectivity index (χ4v) is 5.60. The van der Waals surface area contributed by atoms with Gasteiger partial charge in [-0.25, -0.2) is 0 Å². The quantitative estimate of drug-likeness (QED) is 0.606. The summed E-state index contributed by atoms with van der Waals surface area (Å²) in [6.45, 7) is 7.24. The van der Waals surface area contributed by atoms with Crippen LogP contribution in [0.5, 0.6) is 0 Å². The molecule has 0 bridgehead atoms. The Hall–Kier alpha value is -1.99. The molecule has 0 unspecified atom stereocenters. The average molecular weight is 426 g/mol. The fraction of sp³-hybridized carbons (Fsp3) is 0.348. The monoisotopic (exact) mass is 425 g/mol. The Kier molecular flexibility index (Phi) is 6.77. The van der Waals surface area contributed by atoms with Gasteiger partial charge in [0.05, 0.1) is 10.9 Å². The highest BCUT2D eigenvalue weighted by Gasteiger charge is 2.31. The van der Waals surface area contributed by atoms with E-state index in [1.165, 1.54) is 21.8 Å². The second-order valence-corrected chi connectivity index (χ2v) is 9.42. The number of hydrogen-bond acceptors (Lipinski definition) is 5. The summed E-state index contributed by atoms with van der Waals surface area (Å²) < 4.78 is 0. The minimum atomic E-state index is 0.0248. The first kappa shape index (κ1) is 20.3. The topological polar surface area (TPSA) is 35.6 Å². The number of piperazine rings is 1. The molecule has 0 spiro atoms. The lowest BCUT2D eigenvalue weighted by molar-refractivity contribution is 0.0716. The van der Waals surface area contributed by atoms with Crippen LogP contribution in [0.3, 0.4) is 0 Å². The van der Waals surface area contributed by atoms with Gasteiger partial charge in [-0.2, -0.15) is 0 Å². The SMILES string of the molecule is C[C@@H](NC(=O)c1cccs1)[C@H](c1cccs1)N1CCN(Cc2ccccc2)CC1. The molecule has 1 fully saturated rings. The molecule has 2 aromatic heterocycles. The Morgan fingerprint density at radius 3 is 2.34 bits per heavy atom. The predicted molar refractivity (Wildman–Crippen MR) is 122 cm³/mol. The molecule has 2 atom stereocenters. The van der Waals surface area contributed by atoms with Crippen molar-refractivity contribution in [3.05, 3.63) is 80.7 Å². The van der Waals surface area contributed by atoms with Gasteiger partial charge in [-0.1, -0.05) is 42.5 Å². The van der Waals surface area contributed by atoms with E-state index < -0.39 is 0 Å². The van der Waals surface area contributed by atoms with Crippen molar-refractivity contribution >= 4 is 28.6 Å². The van der Waals surface area contributed by atoms with Crippen molar-refractivity contribution in [1.82, 2.24) is 15.1 Å². The first-order valence-corrected chi connectivity index (χ1v) is 11.8. The van der Waals surface area contributed by atoms with Gasteiger partial charge >= 0.3 is 0 Å². The largest absolute Gasteiger partial charge is 0.347 e. The molecule has 152 valence electrons.